The minimum atomic E-state index is -0.263. The Morgan fingerprint density at radius 1 is 1.10 bits per heavy atom. The van der Waals surface area contributed by atoms with E-state index in [9.17, 15) is 9.59 Å². The molecule has 1 saturated heterocycles. The van der Waals surface area contributed by atoms with E-state index < -0.39 is 0 Å². The van der Waals surface area contributed by atoms with E-state index in [0.29, 0.717) is 35.3 Å². The molecule has 216 valence electrons. The zero-order valence-electron chi connectivity index (χ0n) is 23.7. The Balaban J connectivity index is 1.31. The highest BCUT2D eigenvalue weighted by Crippen LogP contribution is 2.40. The molecule has 3 aromatic rings. The molecular weight excluding hydrogens is 542 g/mol. The van der Waals surface area contributed by atoms with Gasteiger partial charge in [0.05, 0.1) is 23.3 Å². The predicted octanol–water partition coefficient (Wildman–Crippen LogP) is 5.80. The zero-order chi connectivity index (χ0) is 28.9. The summed E-state index contributed by atoms with van der Waals surface area (Å²) in [6.07, 6.45) is 8.96. The highest BCUT2D eigenvalue weighted by atomic mass is 35.5. The molecular formula is C31H36ClN5O4. The molecule has 0 atom stereocenters. The maximum atomic E-state index is 12.6. The van der Waals surface area contributed by atoms with Gasteiger partial charge in [0.2, 0.25) is 5.91 Å². The summed E-state index contributed by atoms with van der Waals surface area (Å²) >= 11 is 6.47. The number of carbonyl (C=O) groups excluding carboxylic acids is 2. The highest BCUT2D eigenvalue weighted by Gasteiger charge is 2.26. The number of likely N-dealkylation sites (N-methyl/N-ethyl adjacent to an activating group) is 1. The lowest BCUT2D eigenvalue weighted by molar-refractivity contribution is -0.127. The van der Waals surface area contributed by atoms with Gasteiger partial charge in [0.25, 0.3) is 0 Å². The lowest BCUT2D eigenvalue weighted by atomic mass is 9.87. The second-order valence-electron chi connectivity index (χ2n) is 10.8. The number of nitrogens with zero attached hydrogens (tertiary/aromatic N) is 3. The van der Waals surface area contributed by atoms with Crippen LogP contribution in [0.25, 0.3) is 10.9 Å². The van der Waals surface area contributed by atoms with Gasteiger partial charge in [-0.1, -0.05) is 17.7 Å². The monoisotopic (exact) mass is 577 g/mol. The first-order chi connectivity index (χ1) is 19.8. The lowest BCUT2D eigenvalue weighted by Crippen LogP contribution is -2.37. The first kappa shape index (κ1) is 28.7. The normalized spacial score (nSPS) is 15.9. The number of carbonyl (C=O) groups is 2. The number of rotatable bonds is 9. The summed E-state index contributed by atoms with van der Waals surface area (Å²) in [7, 11) is 5.62. The number of methoxy groups -OCH3 is 1. The number of ether oxygens (including phenoxy) is 2. The lowest BCUT2D eigenvalue weighted by Gasteiger charge is -2.32. The third-order valence-electron chi connectivity index (χ3n) is 7.36. The predicted molar refractivity (Wildman–Crippen MR) is 161 cm³/mol. The van der Waals surface area contributed by atoms with Crippen molar-refractivity contribution < 1.29 is 19.1 Å². The largest absolute Gasteiger partial charge is 0.496 e. The summed E-state index contributed by atoms with van der Waals surface area (Å²) in [5, 5.41) is 6.91. The number of aromatic nitrogens is 1. The quantitative estimate of drug-likeness (QED) is 0.312. The van der Waals surface area contributed by atoms with Crippen LogP contribution in [0.2, 0.25) is 5.02 Å². The Bertz CT molecular complexity index is 1450. The van der Waals surface area contributed by atoms with E-state index in [0.717, 1.165) is 54.4 Å². The Labute approximate surface area is 245 Å². The number of urea groups is 1. The summed E-state index contributed by atoms with van der Waals surface area (Å²) in [5.74, 6) is 2.25. The molecule has 0 unspecified atom stereocenters. The molecule has 9 nitrogen and oxygen atoms in total. The standard InChI is InChI=1S/C31H36ClN5O4/c1-36(2)14-4-5-30(38)37-15-11-20(12-16-37)23-18-24-27(19-29(23)40-3)33-13-10-28(24)41-22-8-9-26(25(32)17-22)35-31(39)34-21-6-7-21/h4-5,8-10,13,17-21H,6-7,11-12,14-16H2,1-3H3,(H2,34,35,39)/b5-4+. The van der Waals surface area contributed by atoms with E-state index in [1.807, 2.05) is 42.1 Å². The van der Waals surface area contributed by atoms with E-state index in [2.05, 4.69) is 21.7 Å². The van der Waals surface area contributed by atoms with Gasteiger partial charge in [-0.05, 0) is 75.5 Å². The summed E-state index contributed by atoms with van der Waals surface area (Å²) in [5.41, 5.74) is 2.34. The Kier molecular flexibility index (Phi) is 8.95. The molecule has 0 bridgehead atoms. The molecule has 41 heavy (non-hydrogen) atoms. The Morgan fingerprint density at radius 3 is 2.56 bits per heavy atom. The van der Waals surface area contributed by atoms with Crippen molar-refractivity contribution in [3.63, 3.8) is 0 Å². The zero-order valence-corrected chi connectivity index (χ0v) is 24.4. The summed E-state index contributed by atoms with van der Waals surface area (Å²) < 4.78 is 12.0. The molecule has 2 N–H and O–H groups in total. The fraction of sp³-hybridized carbons (Fsp3) is 0.387. The van der Waals surface area contributed by atoms with E-state index in [1.54, 1.807) is 37.6 Å². The molecule has 1 aliphatic carbocycles. The molecule has 1 aromatic heterocycles. The molecule has 0 radical (unpaired) electrons. The van der Waals surface area contributed by atoms with Crippen LogP contribution >= 0.6 is 11.6 Å². The second-order valence-corrected chi connectivity index (χ2v) is 11.2. The third-order valence-corrected chi connectivity index (χ3v) is 7.67. The van der Waals surface area contributed by atoms with Crippen LogP contribution in [0.4, 0.5) is 10.5 Å². The van der Waals surface area contributed by atoms with Crippen molar-refractivity contribution >= 4 is 40.1 Å². The molecule has 5 rings (SSSR count). The van der Waals surface area contributed by atoms with Crippen LogP contribution < -0.4 is 20.1 Å². The Hall–Kier alpha value is -3.82. The maximum absolute atomic E-state index is 12.6. The van der Waals surface area contributed by atoms with Crippen molar-refractivity contribution in [2.45, 2.75) is 37.6 Å². The molecule has 0 spiro atoms. The second kappa shape index (κ2) is 12.8. The van der Waals surface area contributed by atoms with Gasteiger partial charge >= 0.3 is 6.03 Å². The average Bonchev–Trinajstić information content (AvgIpc) is 3.77. The van der Waals surface area contributed by atoms with E-state index in [1.165, 1.54) is 0 Å². The molecule has 2 heterocycles. The maximum Gasteiger partial charge on any atom is 0.319 e. The van der Waals surface area contributed by atoms with Crippen LogP contribution in [0.15, 0.2) is 54.7 Å². The minimum absolute atomic E-state index is 0.0547. The number of likely N-dealkylation sites (tertiary alicyclic amines) is 1. The number of pyridine rings is 1. The summed E-state index contributed by atoms with van der Waals surface area (Å²) in [6.45, 7) is 2.11. The number of fused-ring (bicyclic) bond motifs is 1. The molecule has 10 heteroatoms. The van der Waals surface area contributed by atoms with Gasteiger partial charge in [0, 0.05) is 55.5 Å². The van der Waals surface area contributed by atoms with Gasteiger partial charge in [-0.15, -0.1) is 0 Å². The van der Waals surface area contributed by atoms with Gasteiger partial charge < -0.3 is 29.9 Å². The number of hydrogen-bond acceptors (Lipinski definition) is 6. The van der Waals surface area contributed by atoms with Crippen LogP contribution in [0.3, 0.4) is 0 Å². The number of benzene rings is 2. The highest BCUT2D eigenvalue weighted by molar-refractivity contribution is 6.33. The minimum Gasteiger partial charge on any atom is -0.496 e. The number of piperidine rings is 1. The molecule has 1 saturated carbocycles. The van der Waals surface area contributed by atoms with Crippen LogP contribution in [0.5, 0.6) is 17.2 Å². The van der Waals surface area contributed by atoms with Gasteiger partial charge in [-0.3, -0.25) is 9.78 Å². The Morgan fingerprint density at radius 2 is 1.88 bits per heavy atom. The van der Waals surface area contributed by atoms with Crippen molar-refractivity contribution in [2.24, 2.45) is 0 Å². The fourth-order valence-electron chi connectivity index (χ4n) is 4.99. The van der Waals surface area contributed by atoms with Crippen LogP contribution in [-0.2, 0) is 4.79 Å². The number of halogens is 1. The van der Waals surface area contributed by atoms with E-state index in [-0.39, 0.29) is 23.9 Å². The summed E-state index contributed by atoms with van der Waals surface area (Å²) in [4.78, 5) is 33.2. The fourth-order valence-corrected chi connectivity index (χ4v) is 5.21. The van der Waals surface area contributed by atoms with Gasteiger partial charge in [-0.2, -0.15) is 0 Å². The van der Waals surface area contributed by atoms with E-state index >= 15 is 0 Å². The average molecular weight is 578 g/mol. The topological polar surface area (TPSA) is 96.0 Å². The van der Waals surface area contributed by atoms with Crippen molar-refractivity contribution in [3.05, 3.63) is 65.3 Å². The third kappa shape index (κ3) is 7.28. The van der Waals surface area contributed by atoms with Crippen molar-refractivity contribution in [3.8, 4) is 17.2 Å². The van der Waals surface area contributed by atoms with Crippen LogP contribution in [0, 0.1) is 0 Å². The molecule has 3 amide bonds. The van der Waals surface area contributed by atoms with Crippen LogP contribution in [-0.4, -0.2) is 73.6 Å². The van der Waals surface area contributed by atoms with Gasteiger partial charge in [0.15, 0.2) is 0 Å². The van der Waals surface area contributed by atoms with Gasteiger partial charge in [0.1, 0.15) is 17.2 Å². The van der Waals surface area contributed by atoms with Crippen molar-refractivity contribution in [2.75, 3.05) is 46.2 Å². The molecule has 1 aliphatic heterocycles. The molecule has 2 aliphatic rings. The first-order valence-corrected chi connectivity index (χ1v) is 14.3. The number of hydrogen-bond donors (Lipinski definition) is 2. The number of amides is 3. The smallest absolute Gasteiger partial charge is 0.319 e. The molecule has 2 aromatic carbocycles. The SMILES string of the molecule is COc1cc2nccc(Oc3ccc(NC(=O)NC4CC4)c(Cl)c3)c2cc1C1CCN(C(=O)/C=C/CN(C)C)CC1. The number of anilines is 1. The summed E-state index contributed by atoms with van der Waals surface area (Å²) in [6, 6.07) is 11.0. The number of nitrogens with one attached hydrogen (secondary N) is 2. The van der Waals surface area contributed by atoms with Crippen LogP contribution in [0.1, 0.15) is 37.2 Å². The van der Waals surface area contributed by atoms with Crippen molar-refractivity contribution in [1.82, 2.24) is 20.1 Å². The molecule has 2 fully saturated rings. The van der Waals surface area contributed by atoms with Crippen molar-refractivity contribution in [1.29, 1.82) is 0 Å². The first-order valence-electron chi connectivity index (χ1n) is 13.9. The van der Waals surface area contributed by atoms with E-state index in [4.69, 9.17) is 21.1 Å². The van der Waals surface area contributed by atoms with Gasteiger partial charge in [-0.25, -0.2) is 4.79 Å².